The molecule has 0 spiro atoms. The minimum absolute atomic E-state index is 0.790. The van der Waals surface area contributed by atoms with E-state index in [1.807, 2.05) is 19.1 Å². The van der Waals surface area contributed by atoms with E-state index in [0.29, 0.717) is 0 Å². The smallest absolute Gasteiger partial charge is 0.161 e. The standard InChI is InChI=1S/C21H20N4O/c1-13-22-19-16-7-3-4-8-17(16)24-20(19)21(23-13)25-11-5-6-14-12-15(26-2)9-10-18(14)25/h3-4,7-10,12,24H,5-6,11H2,1-2H3. The number of fused-ring (bicyclic) bond motifs is 4. The van der Waals surface area contributed by atoms with Crippen molar-refractivity contribution in [3.8, 4) is 5.75 Å². The van der Waals surface area contributed by atoms with Crippen molar-refractivity contribution in [3.63, 3.8) is 0 Å². The van der Waals surface area contributed by atoms with E-state index in [0.717, 1.165) is 58.7 Å². The van der Waals surface area contributed by atoms with Gasteiger partial charge in [-0.1, -0.05) is 18.2 Å². The van der Waals surface area contributed by atoms with E-state index in [9.17, 15) is 0 Å². The number of benzene rings is 2. The quantitative estimate of drug-likeness (QED) is 0.581. The molecular weight excluding hydrogens is 324 g/mol. The normalized spacial score (nSPS) is 14.0. The molecule has 1 N–H and O–H groups in total. The molecule has 0 radical (unpaired) electrons. The van der Waals surface area contributed by atoms with Gasteiger partial charge in [0.2, 0.25) is 0 Å². The number of ether oxygens (including phenoxy) is 1. The molecule has 0 atom stereocenters. The average Bonchev–Trinajstić information content (AvgIpc) is 3.05. The zero-order valence-electron chi connectivity index (χ0n) is 14.9. The summed E-state index contributed by atoms with van der Waals surface area (Å²) in [6.07, 6.45) is 2.15. The summed E-state index contributed by atoms with van der Waals surface area (Å²) in [5, 5.41) is 1.14. The topological polar surface area (TPSA) is 54.0 Å². The van der Waals surface area contributed by atoms with Crippen molar-refractivity contribution < 1.29 is 4.74 Å². The molecule has 2 aromatic heterocycles. The van der Waals surface area contributed by atoms with Crippen LogP contribution in [-0.4, -0.2) is 28.6 Å². The van der Waals surface area contributed by atoms with Gasteiger partial charge >= 0.3 is 0 Å². The second-order valence-corrected chi connectivity index (χ2v) is 6.74. The fourth-order valence-electron chi connectivity index (χ4n) is 3.92. The third-order valence-corrected chi connectivity index (χ3v) is 5.10. The molecule has 5 rings (SSSR count). The summed E-state index contributed by atoms with van der Waals surface area (Å²) in [4.78, 5) is 15.4. The first-order chi connectivity index (χ1) is 12.7. The predicted molar refractivity (Wildman–Crippen MR) is 104 cm³/mol. The van der Waals surface area contributed by atoms with Crippen molar-refractivity contribution in [3.05, 3.63) is 53.9 Å². The molecule has 1 aliphatic heterocycles. The van der Waals surface area contributed by atoms with Crippen LogP contribution in [0, 0.1) is 6.92 Å². The van der Waals surface area contributed by atoms with Crippen LogP contribution in [-0.2, 0) is 6.42 Å². The zero-order valence-corrected chi connectivity index (χ0v) is 14.9. The third-order valence-electron chi connectivity index (χ3n) is 5.10. The lowest BCUT2D eigenvalue weighted by Gasteiger charge is -2.31. The lowest BCUT2D eigenvalue weighted by molar-refractivity contribution is 0.414. The van der Waals surface area contributed by atoms with Crippen molar-refractivity contribution in [2.75, 3.05) is 18.6 Å². The van der Waals surface area contributed by atoms with E-state index < -0.39 is 0 Å². The first kappa shape index (κ1) is 15.2. The van der Waals surface area contributed by atoms with E-state index in [4.69, 9.17) is 14.7 Å². The van der Waals surface area contributed by atoms with Crippen molar-refractivity contribution in [2.45, 2.75) is 19.8 Å². The number of H-pyrrole nitrogens is 1. The van der Waals surface area contributed by atoms with Crippen LogP contribution in [0.15, 0.2) is 42.5 Å². The van der Waals surface area contributed by atoms with Gasteiger partial charge < -0.3 is 14.6 Å². The van der Waals surface area contributed by atoms with Crippen molar-refractivity contribution in [1.29, 1.82) is 0 Å². The maximum Gasteiger partial charge on any atom is 0.161 e. The second-order valence-electron chi connectivity index (χ2n) is 6.74. The Morgan fingerprint density at radius 1 is 1.12 bits per heavy atom. The molecule has 2 aromatic carbocycles. The molecule has 26 heavy (non-hydrogen) atoms. The number of aromatic amines is 1. The molecule has 0 saturated carbocycles. The Bertz CT molecular complexity index is 1130. The Balaban J connectivity index is 1.75. The summed E-state index contributed by atoms with van der Waals surface area (Å²) in [6, 6.07) is 14.6. The SMILES string of the molecule is COc1ccc2c(c1)CCCN2c1nc(C)nc2c1[nH]c1ccccc12. The molecule has 4 aromatic rings. The molecule has 0 unspecified atom stereocenters. The Morgan fingerprint density at radius 3 is 2.88 bits per heavy atom. The Morgan fingerprint density at radius 2 is 2.00 bits per heavy atom. The molecule has 5 nitrogen and oxygen atoms in total. The fourth-order valence-corrected chi connectivity index (χ4v) is 3.92. The molecule has 0 bridgehead atoms. The summed E-state index contributed by atoms with van der Waals surface area (Å²) in [7, 11) is 1.71. The number of nitrogens with zero attached hydrogens (tertiary/aromatic N) is 3. The van der Waals surface area contributed by atoms with Crippen LogP contribution < -0.4 is 9.64 Å². The molecule has 3 heterocycles. The molecule has 0 fully saturated rings. The molecule has 0 amide bonds. The van der Waals surface area contributed by atoms with Gasteiger partial charge in [0.1, 0.15) is 22.6 Å². The lowest BCUT2D eigenvalue weighted by Crippen LogP contribution is -2.26. The highest BCUT2D eigenvalue weighted by atomic mass is 16.5. The molecular formula is C21H20N4O. The minimum atomic E-state index is 0.790. The number of hydrogen-bond donors (Lipinski definition) is 1. The van der Waals surface area contributed by atoms with Gasteiger partial charge in [0.15, 0.2) is 5.82 Å². The maximum atomic E-state index is 5.40. The highest BCUT2D eigenvalue weighted by molar-refractivity contribution is 6.08. The largest absolute Gasteiger partial charge is 0.497 e. The minimum Gasteiger partial charge on any atom is -0.497 e. The molecule has 0 saturated heterocycles. The van der Waals surface area contributed by atoms with E-state index in [-0.39, 0.29) is 0 Å². The predicted octanol–water partition coefficient (Wildman–Crippen LogP) is 4.51. The van der Waals surface area contributed by atoms with Gasteiger partial charge in [0.05, 0.1) is 7.11 Å². The molecule has 130 valence electrons. The van der Waals surface area contributed by atoms with Crippen molar-refractivity contribution in [1.82, 2.24) is 15.0 Å². The van der Waals surface area contributed by atoms with Gasteiger partial charge in [-0.05, 0) is 49.6 Å². The lowest BCUT2D eigenvalue weighted by atomic mass is 10.0. The number of aromatic nitrogens is 3. The van der Waals surface area contributed by atoms with E-state index in [1.165, 1.54) is 11.3 Å². The zero-order chi connectivity index (χ0) is 17.7. The Labute approximate surface area is 151 Å². The van der Waals surface area contributed by atoms with Gasteiger partial charge in [-0.3, -0.25) is 0 Å². The number of hydrogen-bond acceptors (Lipinski definition) is 4. The number of anilines is 2. The van der Waals surface area contributed by atoms with Crippen LogP contribution in [0.4, 0.5) is 11.5 Å². The van der Waals surface area contributed by atoms with Crippen molar-refractivity contribution >= 4 is 33.4 Å². The maximum absolute atomic E-state index is 5.40. The number of nitrogens with one attached hydrogen (secondary N) is 1. The van der Waals surface area contributed by atoms with Crippen LogP contribution in [0.25, 0.3) is 21.9 Å². The summed E-state index contributed by atoms with van der Waals surface area (Å²) in [6.45, 7) is 2.91. The number of methoxy groups -OCH3 is 1. The molecule has 0 aliphatic carbocycles. The van der Waals surface area contributed by atoms with Crippen molar-refractivity contribution in [2.24, 2.45) is 0 Å². The second kappa shape index (κ2) is 5.73. The van der Waals surface area contributed by atoms with Gasteiger partial charge in [0, 0.05) is 23.1 Å². The van der Waals surface area contributed by atoms with Crippen LogP contribution >= 0.6 is 0 Å². The highest BCUT2D eigenvalue weighted by Crippen LogP contribution is 2.38. The Hall–Kier alpha value is -3.08. The summed E-state index contributed by atoms with van der Waals surface area (Å²) < 4.78 is 5.40. The van der Waals surface area contributed by atoms with Crippen LogP contribution in [0.1, 0.15) is 17.8 Å². The molecule has 1 aliphatic rings. The van der Waals surface area contributed by atoms with Gasteiger partial charge in [-0.2, -0.15) is 0 Å². The van der Waals surface area contributed by atoms with Crippen LogP contribution in [0.2, 0.25) is 0 Å². The van der Waals surface area contributed by atoms with Gasteiger partial charge in [0.25, 0.3) is 0 Å². The molecule has 5 heteroatoms. The van der Waals surface area contributed by atoms with Crippen LogP contribution in [0.5, 0.6) is 5.75 Å². The van der Waals surface area contributed by atoms with Gasteiger partial charge in [-0.15, -0.1) is 0 Å². The number of rotatable bonds is 2. The first-order valence-corrected chi connectivity index (χ1v) is 8.94. The highest BCUT2D eigenvalue weighted by Gasteiger charge is 2.23. The average molecular weight is 344 g/mol. The van der Waals surface area contributed by atoms with E-state index in [1.54, 1.807) is 7.11 Å². The fraction of sp³-hybridized carbons (Fsp3) is 0.238. The van der Waals surface area contributed by atoms with Crippen LogP contribution in [0.3, 0.4) is 0 Å². The summed E-state index contributed by atoms with van der Waals surface area (Å²) in [5.41, 5.74) is 5.59. The third kappa shape index (κ3) is 2.24. The summed E-state index contributed by atoms with van der Waals surface area (Å²) >= 11 is 0. The van der Waals surface area contributed by atoms with E-state index in [2.05, 4.69) is 40.2 Å². The van der Waals surface area contributed by atoms with Gasteiger partial charge in [-0.25, -0.2) is 9.97 Å². The first-order valence-electron chi connectivity index (χ1n) is 8.94. The Kier molecular flexibility index (Phi) is 3.35. The summed E-state index contributed by atoms with van der Waals surface area (Å²) in [5.74, 6) is 2.65. The number of aryl methyl sites for hydroxylation is 2. The number of para-hydroxylation sites is 1. The van der Waals surface area contributed by atoms with E-state index >= 15 is 0 Å². The monoisotopic (exact) mass is 344 g/mol.